The minimum Gasteiger partial charge on any atom is -0.392 e. The Morgan fingerprint density at radius 1 is 1.12 bits per heavy atom. The van der Waals surface area contributed by atoms with Gasteiger partial charge in [-0.1, -0.05) is 24.3 Å². The molecule has 0 radical (unpaired) electrons. The van der Waals surface area contributed by atoms with Crippen LogP contribution in [0, 0.1) is 5.82 Å². The molecule has 2 aromatic rings. The standard InChI is InChI=1S/C14H12FNO/c15-13-6-4-11(5-7-13)9-16-14-3-1-2-12(8-14)10-17/h1-9,17H,10H2. The molecule has 0 amide bonds. The van der Waals surface area contributed by atoms with Crippen LogP contribution in [0.1, 0.15) is 11.1 Å². The summed E-state index contributed by atoms with van der Waals surface area (Å²) in [5.74, 6) is -0.260. The number of aliphatic hydroxyl groups is 1. The molecule has 0 heterocycles. The first-order valence-electron chi connectivity index (χ1n) is 5.27. The Bertz CT molecular complexity index is 520. The highest BCUT2D eigenvalue weighted by molar-refractivity contribution is 5.81. The lowest BCUT2D eigenvalue weighted by atomic mass is 10.2. The molecule has 0 aromatic heterocycles. The summed E-state index contributed by atoms with van der Waals surface area (Å²) in [5.41, 5.74) is 2.42. The molecule has 0 spiro atoms. The lowest BCUT2D eigenvalue weighted by Crippen LogP contribution is -1.83. The van der Waals surface area contributed by atoms with E-state index in [1.807, 2.05) is 18.2 Å². The van der Waals surface area contributed by atoms with Gasteiger partial charge in [0.1, 0.15) is 5.82 Å². The molecule has 0 fully saturated rings. The van der Waals surface area contributed by atoms with Gasteiger partial charge in [-0.25, -0.2) is 4.39 Å². The summed E-state index contributed by atoms with van der Waals surface area (Å²) < 4.78 is 12.7. The largest absolute Gasteiger partial charge is 0.392 e. The van der Waals surface area contributed by atoms with Crippen LogP contribution in [0.5, 0.6) is 0 Å². The lowest BCUT2D eigenvalue weighted by Gasteiger charge is -1.97. The zero-order valence-corrected chi connectivity index (χ0v) is 9.18. The average Bonchev–Trinajstić information content (AvgIpc) is 2.38. The van der Waals surface area contributed by atoms with E-state index in [1.165, 1.54) is 12.1 Å². The maximum atomic E-state index is 12.7. The molecule has 0 saturated carbocycles. The van der Waals surface area contributed by atoms with E-state index in [1.54, 1.807) is 24.4 Å². The second kappa shape index (κ2) is 5.37. The van der Waals surface area contributed by atoms with Crippen LogP contribution in [0.3, 0.4) is 0 Å². The van der Waals surface area contributed by atoms with Crippen LogP contribution >= 0.6 is 0 Å². The van der Waals surface area contributed by atoms with Crippen LogP contribution in [0.25, 0.3) is 0 Å². The molecule has 1 N–H and O–H groups in total. The van der Waals surface area contributed by atoms with Gasteiger partial charge in [-0.15, -0.1) is 0 Å². The fraction of sp³-hybridized carbons (Fsp3) is 0.0714. The van der Waals surface area contributed by atoms with Crippen molar-refractivity contribution in [3.05, 3.63) is 65.5 Å². The summed E-state index contributed by atoms with van der Waals surface area (Å²) in [6.45, 7) is -0.0000910. The van der Waals surface area contributed by atoms with Crippen LogP contribution < -0.4 is 0 Å². The van der Waals surface area contributed by atoms with Gasteiger partial charge in [0.05, 0.1) is 12.3 Å². The van der Waals surface area contributed by atoms with Crippen LogP contribution in [0.15, 0.2) is 53.5 Å². The molecular formula is C14H12FNO. The molecule has 3 heteroatoms. The number of aliphatic imine (C=N–C) groups is 1. The number of benzene rings is 2. The SMILES string of the molecule is OCc1cccc(N=Cc2ccc(F)cc2)c1. The molecule has 0 aliphatic carbocycles. The average molecular weight is 229 g/mol. The van der Waals surface area contributed by atoms with Crippen molar-refractivity contribution in [2.45, 2.75) is 6.61 Å². The van der Waals surface area contributed by atoms with E-state index in [9.17, 15) is 4.39 Å². The first-order chi connectivity index (χ1) is 8.28. The third-order valence-corrected chi connectivity index (χ3v) is 2.33. The summed E-state index contributed by atoms with van der Waals surface area (Å²) in [7, 11) is 0. The van der Waals surface area contributed by atoms with Gasteiger partial charge in [-0.2, -0.15) is 0 Å². The van der Waals surface area contributed by atoms with Crippen molar-refractivity contribution in [1.82, 2.24) is 0 Å². The number of halogens is 1. The first-order valence-corrected chi connectivity index (χ1v) is 5.27. The van der Waals surface area contributed by atoms with E-state index in [0.717, 1.165) is 16.8 Å². The van der Waals surface area contributed by atoms with Gasteiger partial charge in [0.25, 0.3) is 0 Å². The number of aliphatic hydroxyl groups excluding tert-OH is 1. The second-order valence-corrected chi connectivity index (χ2v) is 3.64. The van der Waals surface area contributed by atoms with E-state index in [-0.39, 0.29) is 12.4 Å². The molecule has 2 nitrogen and oxygen atoms in total. The molecule has 0 atom stereocenters. The minimum atomic E-state index is -0.260. The van der Waals surface area contributed by atoms with Crippen LogP contribution in [0.4, 0.5) is 10.1 Å². The zero-order valence-electron chi connectivity index (χ0n) is 9.18. The van der Waals surface area contributed by atoms with Gasteiger partial charge in [0, 0.05) is 6.21 Å². The normalized spacial score (nSPS) is 10.9. The molecule has 0 saturated heterocycles. The second-order valence-electron chi connectivity index (χ2n) is 3.64. The van der Waals surface area contributed by atoms with Gasteiger partial charge >= 0.3 is 0 Å². The fourth-order valence-corrected chi connectivity index (χ4v) is 1.43. The van der Waals surface area contributed by atoms with E-state index in [4.69, 9.17) is 5.11 Å². The van der Waals surface area contributed by atoms with Gasteiger partial charge in [-0.05, 0) is 35.4 Å². The monoisotopic (exact) mass is 229 g/mol. The Labute approximate surface area is 99.1 Å². The third kappa shape index (κ3) is 3.23. The predicted octanol–water partition coefficient (Wildman–Crippen LogP) is 3.07. The molecule has 0 aliphatic heterocycles. The van der Waals surface area contributed by atoms with Crippen molar-refractivity contribution < 1.29 is 9.50 Å². The Morgan fingerprint density at radius 3 is 2.59 bits per heavy atom. The summed E-state index contributed by atoms with van der Waals surface area (Å²) in [6.07, 6.45) is 1.66. The number of hydrogen-bond donors (Lipinski definition) is 1. The van der Waals surface area contributed by atoms with Gasteiger partial charge in [0.15, 0.2) is 0 Å². The van der Waals surface area contributed by atoms with Gasteiger partial charge in [0.2, 0.25) is 0 Å². The van der Waals surface area contributed by atoms with Crippen molar-refractivity contribution in [3.8, 4) is 0 Å². The third-order valence-electron chi connectivity index (χ3n) is 2.33. The van der Waals surface area contributed by atoms with E-state index < -0.39 is 0 Å². The van der Waals surface area contributed by atoms with E-state index in [2.05, 4.69) is 4.99 Å². The predicted molar refractivity (Wildman–Crippen MR) is 66.0 cm³/mol. The summed E-state index contributed by atoms with van der Waals surface area (Å²) in [5, 5.41) is 8.98. The minimum absolute atomic E-state index is 0.0000910. The van der Waals surface area contributed by atoms with Crippen molar-refractivity contribution in [1.29, 1.82) is 0 Å². The molecule has 0 bridgehead atoms. The molecular weight excluding hydrogens is 217 g/mol. The Morgan fingerprint density at radius 2 is 1.88 bits per heavy atom. The maximum absolute atomic E-state index is 12.7. The Balaban J connectivity index is 2.16. The van der Waals surface area contributed by atoms with E-state index in [0.29, 0.717) is 0 Å². The van der Waals surface area contributed by atoms with Crippen LogP contribution in [-0.2, 0) is 6.61 Å². The van der Waals surface area contributed by atoms with Gasteiger partial charge in [-0.3, -0.25) is 4.99 Å². The molecule has 86 valence electrons. The zero-order chi connectivity index (χ0) is 12.1. The molecule has 0 unspecified atom stereocenters. The lowest BCUT2D eigenvalue weighted by molar-refractivity contribution is 0.282. The van der Waals surface area contributed by atoms with E-state index >= 15 is 0 Å². The molecule has 0 aliphatic rings. The number of rotatable bonds is 3. The van der Waals surface area contributed by atoms with Crippen molar-refractivity contribution >= 4 is 11.9 Å². The molecule has 2 rings (SSSR count). The summed E-state index contributed by atoms with van der Waals surface area (Å²) in [6, 6.07) is 13.4. The first kappa shape index (κ1) is 11.5. The highest BCUT2D eigenvalue weighted by Crippen LogP contribution is 2.14. The van der Waals surface area contributed by atoms with Crippen molar-refractivity contribution in [2.75, 3.05) is 0 Å². The highest BCUT2D eigenvalue weighted by Gasteiger charge is 1.93. The number of nitrogens with zero attached hydrogens (tertiary/aromatic N) is 1. The topological polar surface area (TPSA) is 32.6 Å². The van der Waals surface area contributed by atoms with Gasteiger partial charge < -0.3 is 5.11 Å². The Kier molecular flexibility index (Phi) is 3.62. The molecule has 2 aromatic carbocycles. The molecule has 17 heavy (non-hydrogen) atoms. The smallest absolute Gasteiger partial charge is 0.123 e. The van der Waals surface area contributed by atoms with Crippen molar-refractivity contribution in [2.24, 2.45) is 4.99 Å². The quantitative estimate of drug-likeness (QED) is 0.806. The van der Waals surface area contributed by atoms with Crippen molar-refractivity contribution in [3.63, 3.8) is 0 Å². The highest BCUT2D eigenvalue weighted by atomic mass is 19.1. The van der Waals surface area contributed by atoms with Crippen LogP contribution in [-0.4, -0.2) is 11.3 Å². The Hall–Kier alpha value is -2.00. The maximum Gasteiger partial charge on any atom is 0.123 e. The van der Waals surface area contributed by atoms with Crippen LogP contribution in [0.2, 0.25) is 0 Å². The summed E-state index contributed by atoms with van der Waals surface area (Å²) >= 11 is 0. The fourth-order valence-electron chi connectivity index (χ4n) is 1.43. The summed E-state index contributed by atoms with van der Waals surface area (Å²) in [4.78, 5) is 4.26. The number of hydrogen-bond acceptors (Lipinski definition) is 2.